The topological polar surface area (TPSA) is 34.0 Å². The summed E-state index contributed by atoms with van der Waals surface area (Å²) in [4.78, 5) is 11.8. The lowest BCUT2D eigenvalue weighted by molar-refractivity contribution is 0.0919. The van der Waals surface area contributed by atoms with E-state index in [1.54, 1.807) is 6.07 Å². The molecule has 0 radical (unpaired) electrons. The molecule has 0 saturated carbocycles. The van der Waals surface area contributed by atoms with Crippen molar-refractivity contribution in [3.8, 4) is 0 Å². The van der Waals surface area contributed by atoms with Gasteiger partial charge in [0.2, 0.25) is 0 Å². The summed E-state index contributed by atoms with van der Waals surface area (Å²) in [5, 5.41) is 4.88. The lowest BCUT2D eigenvalue weighted by Gasteiger charge is -2.24. The Kier molecular flexibility index (Phi) is 2.35. The quantitative estimate of drug-likeness (QED) is 0.782. The van der Waals surface area contributed by atoms with Gasteiger partial charge in [-0.25, -0.2) is 0 Å². The van der Waals surface area contributed by atoms with Gasteiger partial charge in [-0.05, 0) is 25.1 Å². The van der Waals surface area contributed by atoms with Crippen molar-refractivity contribution in [3.05, 3.63) is 33.9 Å². The average Bonchev–Trinajstić information content (AvgIpc) is 2.64. The molecule has 1 aromatic carbocycles. The number of aromatic nitrogens is 1. The Balaban J connectivity index is 2.42. The van der Waals surface area contributed by atoms with Crippen LogP contribution in [0.1, 0.15) is 23.5 Å². The van der Waals surface area contributed by atoms with Gasteiger partial charge in [-0.3, -0.25) is 4.79 Å². The van der Waals surface area contributed by atoms with Crippen LogP contribution in [0, 0.1) is 0 Å². The Labute approximate surface area is 108 Å². The van der Waals surface area contributed by atoms with E-state index in [0.29, 0.717) is 22.3 Å². The molecule has 2 heterocycles. The number of carbonyl (C=O) groups is 1. The third kappa shape index (κ3) is 1.53. The molecule has 1 aromatic heterocycles. The van der Waals surface area contributed by atoms with Crippen molar-refractivity contribution in [1.29, 1.82) is 0 Å². The fraction of sp³-hybridized carbons (Fsp3) is 0.250. The first-order valence-corrected chi connectivity index (χ1v) is 6.11. The van der Waals surface area contributed by atoms with E-state index in [1.165, 1.54) is 0 Å². The Morgan fingerprint density at radius 2 is 2.12 bits per heavy atom. The van der Waals surface area contributed by atoms with Gasteiger partial charge in [-0.15, -0.1) is 0 Å². The molecule has 1 atom stereocenters. The van der Waals surface area contributed by atoms with E-state index >= 15 is 0 Å². The van der Waals surface area contributed by atoms with Gasteiger partial charge >= 0.3 is 0 Å². The van der Waals surface area contributed by atoms with Crippen molar-refractivity contribution >= 4 is 40.0 Å². The summed E-state index contributed by atoms with van der Waals surface area (Å²) in [6.07, 6.45) is 0. The summed E-state index contributed by atoms with van der Waals surface area (Å²) < 4.78 is 1.99. The molecule has 2 aromatic rings. The number of carbonyl (C=O) groups excluding carboxylic acids is 1. The monoisotopic (exact) mass is 268 g/mol. The molecule has 17 heavy (non-hydrogen) atoms. The number of hydrogen-bond acceptors (Lipinski definition) is 1. The summed E-state index contributed by atoms with van der Waals surface area (Å²) in [6.45, 7) is 2.68. The van der Waals surface area contributed by atoms with E-state index < -0.39 is 0 Å². The zero-order valence-electron chi connectivity index (χ0n) is 9.13. The molecule has 0 saturated heterocycles. The molecule has 1 aliphatic rings. The first-order chi connectivity index (χ1) is 8.08. The van der Waals surface area contributed by atoms with Crippen LogP contribution in [0.4, 0.5) is 0 Å². The van der Waals surface area contributed by atoms with Gasteiger partial charge < -0.3 is 9.88 Å². The van der Waals surface area contributed by atoms with Crippen LogP contribution in [0.5, 0.6) is 0 Å². The average molecular weight is 269 g/mol. The molecule has 88 valence electrons. The Morgan fingerprint density at radius 3 is 2.88 bits per heavy atom. The fourth-order valence-corrected chi connectivity index (χ4v) is 2.86. The number of hydrogen-bond donors (Lipinski definition) is 1. The number of amides is 1. The van der Waals surface area contributed by atoms with E-state index in [4.69, 9.17) is 23.2 Å². The van der Waals surface area contributed by atoms with Crippen molar-refractivity contribution in [2.75, 3.05) is 6.54 Å². The van der Waals surface area contributed by atoms with Crippen LogP contribution in [0.2, 0.25) is 10.0 Å². The summed E-state index contributed by atoms with van der Waals surface area (Å²) in [6, 6.07) is 5.56. The highest BCUT2D eigenvalue weighted by Gasteiger charge is 2.25. The normalized spacial score (nSPS) is 19.2. The molecule has 0 spiro atoms. The number of fused-ring (bicyclic) bond motifs is 3. The Morgan fingerprint density at radius 1 is 1.35 bits per heavy atom. The van der Waals surface area contributed by atoms with Crippen LogP contribution in [0.15, 0.2) is 18.2 Å². The number of benzene rings is 1. The smallest absolute Gasteiger partial charge is 0.268 e. The van der Waals surface area contributed by atoms with Crippen LogP contribution in [-0.4, -0.2) is 17.0 Å². The number of nitrogens with one attached hydrogen (secondary N) is 1. The van der Waals surface area contributed by atoms with Gasteiger partial charge in [-0.2, -0.15) is 0 Å². The lowest BCUT2D eigenvalue weighted by atomic mass is 10.2. The minimum atomic E-state index is -0.0634. The van der Waals surface area contributed by atoms with Gasteiger partial charge in [-0.1, -0.05) is 23.2 Å². The van der Waals surface area contributed by atoms with Crippen LogP contribution in [-0.2, 0) is 0 Å². The van der Waals surface area contributed by atoms with Crippen molar-refractivity contribution in [2.45, 2.75) is 13.0 Å². The van der Waals surface area contributed by atoms with Gasteiger partial charge in [0, 0.05) is 23.0 Å². The summed E-state index contributed by atoms with van der Waals surface area (Å²) >= 11 is 12.2. The van der Waals surface area contributed by atoms with Crippen LogP contribution >= 0.6 is 23.2 Å². The molecule has 0 fully saturated rings. The molecule has 3 nitrogen and oxygen atoms in total. The molecular weight excluding hydrogens is 259 g/mol. The molecule has 0 bridgehead atoms. The first kappa shape index (κ1) is 10.9. The largest absolute Gasteiger partial charge is 0.349 e. The number of nitrogens with zero attached hydrogens (tertiary/aromatic N) is 1. The highest BCUT2D eigenvalue weighted by Crippen LogP contribution is 2.33. The van der Waals surface area contributed by atoms with Crippen LogP contribution in [0.3, 0.4) is 0 Å². The van der Waals surface area contributed by atoms with Crippen molar-refractivity contribution in [2.24, 2.45) is 0 Å². The van der Waals surface area contributed by atoms with Gasteiger partial charge in [0.15, 0.2) is 0 Å². The summed E-state index contributed by atoms with van der Waals surface area (Å²) in [7, 11) is 0. The van der Waals surface area contributed by atoms with Crippen molar-refractivity contribution in [1.82, 2.24) is 9.88 Å². The molecule has 0 unspecified atom stereocenters. The zero-order valence-corrected chi connectivity index (χ0v) is 10.6. The minimum absolute atomic E-state index is 0.0634. The maximum Gasteiger partial charge on any atom is 0.268 e. The van der Waals surface area contributed by atoms with E-state index in [-0.39, 0.29) is 11.9 Å². The second-order valence-corrected chi connectivity index (χ2v) is 5.12. The number of rotatable bonds is 0. The molecule has 1 amide bonds. The molecule has 1 aliphatic heterocycles. The number of halogens is 2. The molecule has 5 heteroatoms. The second kappa shape index (κ2) is 3.65. The minimum Gasteiger partial charge on any atom is -0.349 e. The zero-order chi connectivity index (χ0) is 12.2. The Bertz CT molecular complexity index is 633. The van der Waals surface area contributed by atoms with Gasteiger partial charge in [0.1, 0.15) is 5.69 Å². The van der Waals surface area contributed by atoms with E-state index in [2.05, 4.69) is 12.2 Å². The molecular formula is C12H10Cl2N2O. The van der Waals surface area contributed by atoms with Gasteiger partial charge in [0.25, 0.3) is 5.91 Å². The molecule has 1 N–H and O–H groups in total. The van der Waals surface area contributed by atoms with Crippen molar-refractivity contribution in [3.63, 3.8) is 0 Å². The summed E-state index contributed by atoms with van der Waals surface area (Å²) in [5.41, 5.74) is 1.56. The van der Waals surface area contributed by atoms with Crippen molar-refractivity contribution < 1.29 is 4.79 Å². The van der Waals surface area contributed by atoms with Gasteiger partial charge in [0.05, 0.1) is 10.5 Å². The second-order valence-electron chi connectivity index (χ2n) is 4.28. The predicted molar refractivity (Wildman–Crippen MR) is 69.0 cm³/mol. The fourth-order valence-electron chi connectivity index (χ4n) is 2.32. The maximum absolute atomic E-state index is 11.8. The Hall–Kier alpha value is -1.19. The molecule has 0 aliphatic carbocycles. The summed E-state index contributed by atoms with van der Waals surface area (Å²) in [5.74, 6) is -0.0634. The van der Waals surface area contributed by atoms with E-state index in [9.17, 15) is 4.79 Å². The SMILES string of the molecule is C[C@@H]1CNC(=O)c2cc3c(Cl)cc(Cl)cc3n21. The standard InChI is InChI=1S/C12H10Cl2N2O/c1-6-5-15-12(17)11-4-8-9(14)2-7(13)3-10(8)16(6)11/h2-4,6H,5H2,1H3,(H,15,17)/t6-/m1/s1. The predicted octanol–water partition coefficient (Wildman–Crippen LogP) is 3.25. The third-order valence-corrected chi connectivity index (χ3v) is 3.63. The van der Waals surface area contributed by atoms with E-state index in [1.807, 2.05) is 16.7 Å². The first-order valence-electron chi connectivity index (χ1n) is 5.36. The maximum atomic E-state index is 11.8. The van der Waals surface area contributed by atoms with E-state index in [0.717, 1.165) is 10.9 Å². The highest BCUT2D eigenvalue weighted by molar-refractivity contribution is 6.38. The highest BCUT2D eigenvalue weighted by atomic mass is 35.5. The van der Waals surface area contributed by atoms with Crippen LogP contribution in [0.25, 0.3) is 10.9 Å². The van der Waals surface area contributed by atoms with Crippen LogP contribution < -0.4 is 5.32 Å². The lowest BCUT2D eigenvalue weighted by Crippen LogP contribution is -2.37. The third-order valence-electron chi connectivity index (χ3n) is 3.10. The molecule has 3 rings (SSSR count).